The van der Waals surface area contributed by atoms with Gasteiger partial charge in [-0.3, -0.25) is 0 Å². The zero-order chi connectivity index (χ0) is 16.3. The molecule has 0 saturated heterocycles. The van der Waals surface area contributed by atoms with Crippen LogP contribution < -0.4 is 10.1 Å². The standard InChI is InChI=1S/C14H18Br2F3NO/c1-13(2,3)20-8-9-6-10(15)12(11(16)7-9)21-5-4-14(17,18)19/h6-7,20H,4-5,8H2,1-3H3. The zero-order valence-electron chi connectivity index (χ0n) is 12.1. The summed E-state index contributed by atoms with van der Waals surface area (Å²) >= 11 is 6.67. The lowest BCUT2D eigenvalue weighted by Crippen LogP contribution is -2.35. The SMILES string of the molecule is CC(C)(C)NCc1cc(Br)c(OCCC(F)(F)F)c(Br)c1. The highest BCUT2D eigenvalue weighted by atomic mass is 79.9. The molecule has 0 atom stereocenters. The van der Waals surface area contributed by atoms with Crippen molar-refractivity contribution >= 4 is 31.9 Å². The zero-order valence-corrected chi connectivity index (χ0v) is 15.2. The number of rotatable bonds is 5. The lowest BCUT2D eigenvalue weighted by Gasteiger charge is -2.21. The van der Waals surface area contributed by atoms with Gasteiger partial charge in [0.1, 0.15) is 5.75 Å². The van der Waals surface area contributed by atoms with Gasteiger partial charge in [0, 0.05) is 12.1 Å². The van der Waals surface area contributed by atoms with Crippen molar-refractivity contribution in [2.45, 2.75) is 45.5 Å². The second-order valence-corrected chi connectivity index (χ2v) is 7.41. The van der Waals surface area contributed by atoms with Crippen LogP contribution in [-0.2, 0) is 6.54 Å². The maximum atomic E-state index is 12.1. The number of ether oxygens (including phenoxy) is 1. The average Bonchev–Trinajstić information content (AvgIpc) is 2.28. The summed E-state index contributed by atoms with van der Waals surface area (Å²) in [6, 6.07) is 3.68. The molecule has 1 aromatic carbocycles. The molecule has 0 bridgehead atoms. The van der Waals surface area contributed by atoms with E-state index < -0.39 is 19.2 Å². The van der Waals surface area contributed by atoms with Gasteiger partial charge in [-0.15, -0.1) is 0 Å². The third kappa shape index (κ3) is 7.51. The Morgan fingerprint density at radius 1 is 1.10 bits per heavy atom. The van der Waals surface area contributed by atoms with Crippen LogP contribution in [0.5, 0.6) is 5.75 Å². The summed E-state index contributed by atoms with van der Waals surface area (Å²) in [5.74, 6) is 0.388. The fraction of sp³-hybridized carbons (Fsp3) is 0.571. The topological polar surface area (TPSA) is 21.3 Å². The lowest BCUT2D eigenvalue weighted by atomic mass is 10.1. The van der Waals surface area contributed by atoms with Gasteiger partial charge in [-0.1, -0.05) is 0 Å². The molecule has 0 spiro atoms. The van der Waals surface area contributed by atoms with Crippen molar-refractivity contribution in [3.8, 4) is 5.75 Å². The van der Waals surface area contributed by atoms with E-state index in [0.29, 0.717) is 21.2 Å². The van der Waals surface area contributed by atoms with Crippen molar-refractivity contribution in [3.05, 3.63) is 26.6 Å². The molecule has 0 saturated carbocycles. The summed E-state index contributed by atoms with van der Waals surface area (Å²) in [4.78, 5) is 0. The molecule has 2 nitrogen and oxygen atoms in total. The molecule has 7 heteroatoms. The number of nitrogens with one attached hydrogen (secondary N) is 1. The minimum atomic E-state index is -4.21. The van der Waals surface area contributed by atoms with Crippen LogP contribution in [0.15, 0.2) is 21.1 Å². The van der Waals surface area contributed by atoms with Gasteiger partial charge in [0.15, 0.2) is 0 Å². The van der Waals surface area contributed by atoms with Gasteiger partial charge in [0.25, 0.3) is 0 Å². The normalized spacial score (nSPS) is 12.6. The maximum Gasteiger partial charge on any atom is 0.392 e. The molecule has 1 N–H and O–H groups in total. The summed E-state index contributed by atoms with van der Waals surface area (Å²) in [5.41, 5.74) is 0.993. The fourth-order valence-electron chi connectivity index (χ4n) is 1.49. The molecule has 0 radical (unpaired) electrons. The third-order valence-corrected chi connectivity index (χ3v) is 3.69. The van der Waals surface area contributed by atoms with Gasteiger partial charge in [-0.2, -0.15) is 13.2 Å². The van der Waals surface area contributed by atoms with E-state index in [2.05, 4.69) is 57.9 Å². The Labute approximate surface area is 139 Å². The molecule has 0 unspecified atom stereocenters. The number of alkyl halides is 3. The van der Waals surface area contributed by atoms with E-state index in [-0.39, 0.29) is 5.54 Å². The summed E-state index contributed by atoms with van der Waals surface area (Å²) in [7, 11) is 0. The Morgan fingerprint density at radius 2 is 1.62 bits per heavy atom. The quantitative estimate of drug-likeness (QED) is 0.669. The maximum absolute atomic E-state index is 12.1. The van der Waals surface area contributed by atoms with Crippen molar-refractivity contribution < 1.29 is 17.9 Å². The molecule has 0 aliphatic rings. The first-order valence-electron chi connectivity index (χ1n) is 6.40. The smallest absolute Gasteiger partial charge is 0.392 e. The molecule has 120 valence electrons. The first kappa shape index (κ1) is 18.8. The number of halogens is 5. The van der Waals surface area contributed by atoms with E-state index in [1.54, 1.807) is 0 Å². The molecule has 0 aliphatic heterocycles. The van der Waals surface area contributed by atoms with E-state index in [0.717, 1.165) is 5.56 Å². The molecule has 0 aromatic heterocycles. The molecule has 1 rings (SSSR count). The Balaban J connectivity index is 2.71. The highest BCUT2D eigenvalue weighted by molar-refractivity contribution is 9.11. The van der Waals surface area contributed by atoms with Crippen molar-refractivity contribution in [1.82, 2.24) is 5.32 Å². The van der Waals surface area contributed by atoms with Crippen LogP contribution in [0.25, 0.3) is 0 Å². The molecule has 0 amide bonds. The van der Waals surface area contributed by atoms with Gasteiger partial charge in [0.2, 0.25) is 0 Å². The van der Waals surface area contributed by atoms with Crippen LogP contribution in [0.2, 0.25) is 0 Å². The summed E-state index contributed by atoms with van der Waals surface area (Å²) in [5, 5.41) is 3.34. The van der Waals surface area contributed by atoms with Crippen LogP contribution in [0, 0.1) is 0 Å². The molecule has 0 heterocycles. The highest BCUT2D eigenvalue weighted by Gasteiger charge is 2.27. The van der Waals surface area contributed by atoms with Crippen LogP contribution in [0.4, 0.5) is 13.2 Å². The number of benzene rings is 1. The molecule has 21 heavy (non-hydrogen) atoms. The van der Waals surface area contributed by atoms with Crippen molar-refractivity contribution in [2.24, 2.45) is 0 Å². The Hall–Kier alpha value is -0.270. The Morgan fingerprint density at radius 3 is 2.05 bits per heavy atom. The van der Waals surface area contributed by atoms with Crippen LogP contribution in [-0.4, -0.2) is 18.3 Å². The van der Waals surface area contributed by atoms with Gasteiger partial charge in [0.05, 0.1) is 22.0 Å². The Bertz CT molecular complexity index is 461. The molecule has 0 fully saturated rings. The van der Waals surface area contributed by atoms with Crippen LogP contribution in [0.3, 0.4) is 0 Å². The predicted octanol–water partition coefficient (Wildman–Crippen LogP) is 5.43. The van der Waals surface area contributed by atoms with Crippen LogP contribution in [0.1, 0.15) is 32.8 Å². The minimum Gasteiger partial charge on any atom is -0.491 e. The lowest BCUT2D eigenvalue weighted by molar-refractivity contribution is -0.139. The van der Waals surface area contributed by atoms with Gasteiger partial charge in [-0.05, 0) is 70.3 Å². The van der Waals surface area contributed by atoms with Crippen molar-refractivity contribution in [3.63, 3.8) is 0 Å². The van der Waals surface area contributed by atoms with E-state index in [1.807, 2.05) is 12.1 Å². The third-order valence-electron chi connectivity index (χ3n) is 2.51. The summed E-state index contributed by atoms with van der Waals surface area (Å²) in [6.07, 6.45) is -5.19. The van der Waals surface area contributed by atoms with Crippen molar-refractivity contribution in [2.75, 3.05) is 6.61 Å². The average molecular weight is 433 g/mol. The fourth-order valence-corrected chi connectivity index (χ4v) is 3.00. The molecule has 1 aromatic rings. The largest absolute Gasteiger partial charge is 0.491 e. The van der Waals surface area contributed by atoms with E-state index in [4.69, 9.17) is 4.74 Å². The second kappa shape index (κ2) is 7.33. The van der Waals surface area contributed by atoms with Crippen LogP contribution >= 0.6 is 31.9 Å². The first-order chi connectivity index (χ1) is 9.48. The molecular formula is C14H18Br2F3NO. The summed E-state index contributed by atoms with van der Waals surface area (Å²) < 4.78 is 42.8. The van der Waals surface area contributed by atoms with E-state index in [1.165, 1.54) is 0 Å². The van der Waals surface area contributed by atoms with Gasteiger partial charge in [-0.25, -0.2) is 0 Å². The monoisotopic (exact) mass is 431 g/mol. The van der Waals surface area contributed by atoms with E-state index >= 15 is 0 Å². The molecule has 0 aliphatic carbocycles. The predicted molar refractivity (Wildman–Crippen MR) is 84.6 cm³/mol. The second-order valence-electron chi connectivity index (χ2n) is 5.71. The minimum absolute atomic E-state index is 0.0131. The number of hydrogen-bond donors (Lipinski definition) is 1. The highest BCUT2D eigenvalue weighted by Crippen LogP contribution is 2.35. The van der Waals surface area contributed by atoms with Gasteiger partial charge < -0.3 is 10.1 Å². The molecular weight excluding hydrogens is 415 g/mol. The number of hydrogen-bond acceptors (Lipinski definition) is 2. The summed E-state index contributed by atoms with van der Waals surface area (Å²) in [6.45, 7) is 6.44. The first-order valence-corrected chi connectivity index (χ1v) is 7.99. The van der Waals surface area contributed by atoms with Crippen molar-refractivity contribution in [1.29, 1.82) is 0 Å². The van der Waals surface area contributed by atoms with E-state index in [9.17, 15) is 13.2 Å². The van der Waals surface area contributed by atoms with Gasteiger partial charge >= 0.3 is 6.18 Å². The Kier molecular flexibility index (Phi) is 6.55.